The number of guanidine groups is 1. The molecule has 3 heterocycles. The van der Waals surface area contributed by atoms with E-state index in [0.717, 1.165) is 62.9 Å². The van der Waals surface area contributed by atoms with Crippen LogP contribution in [-0.4, -0.2) is 80.3 Å². The monoisotopic (exact) mass is 567 g/mol. The largest absolute Gasteiger partial charge is 0.416 e. The van der Waals surface area contributed by atoms with Crippen molar-refractivity contribution in [2.24, 2.45) is 4.99 Å². The molecule has 3 atom stereocenters. The van der Waals surface area contributed by atoms with Gasteiger partial charge in [-0.25, -0.2) is 0 Å². The first-order valence-corrected chi connectivity index (χ1v) is 11.1. The number of hydrogen-bond acceptors (Lipinski definition) is 4. The molecule has 3 unspecified atom stereocenters. The summed E-state index contributed by atoms with van der Waals surface area (Å²) >= 11 is 0. The van der Waals surface area contributed by atoms with Gasteiger partial charge in [-0.1, -0.05) is 12.1 Å². The maximum absolute atomic E-state index is 12.7. The molecule has 1 aromatic rings. The highest BCUT2D eigenvalue weighted by molar-refractivity contribution is 14.0. The Morgan fingerprint density at radius 1 is 1.16 bits per heavy atom. The number of benzene rings is 1. The van der Waals surface area contributed by atoms with Gasteiger partial charge in [-0.15, -0.1) is 24.0 Å². The lowest BCUT2D eigenvalue weighted by molar-refractivity contribution is -0.137. The van der Waals surface area contributed by atoms with Gasteiger partial charge in [-0.2, -0.15) is 13.2 Å². The number of aliphatic imine (C=N–C) groups is 1. The van der Waals surface area contributed by atoms with Gasteiger partial charge >= 0.3 is 6.18 Å². The fourth-order valence-electron chi connectivity index (χ4n) is 4.76. The van der Waals surface area contributed by atoms with Crippen LogP contribution in [-0.2, 0) is 17.5 Å². The fraction of sp³-hybridized carbons (Fsp3) is 0.682. The van der Waals surface area contributed by atoms with Crippen molar-refractivity contribution >= 4 is 29.9 Å². The summed E-state index contributed by atoms with van der Waals surface area (Å²) in [5.74, 6) is 0.772. The van der Waals surface area contributed by atoms with E-state index < -0.39 is 11.7 Å². The first kappa shape index (κ1) is 25.5. The normalized spacial score (nSPS) is 27.1. The van der Waals surface area contributed by atoms with Crippen molar-refractivity contribution in [1.29, 1.82) is 0 Å². The van der Waals surface area contributed by atoms with Gasteiger partial charge in [-0.3, -0.25) is 14.8 Å². The second-order valence-corrected chi connectivity index (χ2v) is 8.76. The molecule has 3 saturated heterocycles. The van der Waals surface area contributed by atoms with E-state index in [9.17, 15) is 13.2 Å². The quantitative estimate of drug-likeness (QED) is 0.326. The molecule has 1 aromatic carbocycles. The van der Waals surface area contributed by atoms with Crippen molar-refractivity contribution in [3.8, 4) is 0 Å². The number of morpholine rings is 1. The van der Waals surface area contributed by atoms with Crippen molar-refractivity contribution in [3.63, 3.8) is 0 Å². The van der Waals surface area contributed by atoms with Crippen LogP contribution < -0.4 is 10.6 Å². The molecule has 0 aliphatic carbocycles. The number of nitrogens with zero attached hydrogens (tertiary/aromatic N) is 3. The highest BCUT2D eigenvalue weighted by Crippen LogP contribution is 2.29. The predicted octanol–water partition coefficient (Wildman–Crippen LogP) is 2.93. The van der Waals surface area contributed by atoms with E-state index in [0.29, 0.717) is 12.6 Å². The molecule has 0 amide bonds. The van der Waals surface area contributed by atoms with Crippen LogP contribution in [0.2, 0.25) is 0 Å². The van der Waals surface area contributed by atoms with Gasteiger partial charge in [0.15, 0.2) is 5.96 Å². The lowest BCUT2D eigenvalue weighted by Crippen LogP contribution is -2.52. The number of likely N-dealkylation sites (tertiary alicyclic amines) is 1. The van der Waals surface area contributed by atoms with E-state index in [-0.39, 0.29) is 36.1 Å². The van der Waals surface area contributed by atoms with Gasteiger partial charge in [0.05, 0.1) is 18.3 Å². The van der Waals surface area contributed by atoms with Crippen LogP contribution in [0, 0.1) is 0 Å². The molecule has 3 aliphatic heterocycles. The Morgan fingerprint density at radius 2 is 1.94 bits per heavy atom. The number of halogens is 4. The maximum atomic E-state index is 12.7. The molecular formula is C22H33F3IN5O. The number of rotatable bonds is 5. The molecule has 0 spiro atoms. The standard InChI is InChI=1S/C22H32F3N5O.HI/c1-26-21(27-11-20-14-30-9-2-3-19(30)15-31-20)28-18-8-10-29(13-18)12-16-4-6-17(7-5-16)22(23,24)25;/h4-7,18-20H,2-3,8-15H2,1H3,(H2,26,27,28);1H. The van der Waals surface area contributed by atoms with Crippen LogP contribution in [0.15, 0.2) is 29.3 Å². The molecule has 2 N–H and O–H groups in total. The zero-order valence-electron chi connectivity index (χ0n) is 18.4. The van der Waals surface area contributed by atoms with Gasteiger partial charge < -0.3 is 15.4 Å². The molecular weight excluding hydrogens is 534 g/mol. The Balaban J connectivity index is 0.00000289. The summed E-state index contributed by atoms with van der Waals surface area (Å²) in [7, 11) is 1.77. The number of alkyl halides is 3. The minimum atomic E-state index is -4.29. The molecule has 6 nitrogen and oxygen atoms in total. The molecule has 180 valence electrons. The molecule has 3 aliphatic rings. The summed E-state index contributed by atoms with van der Waals surface area (Å²) in [6.07, 6.45) is -0.636. The van der Waals surface area contributed by atoms with Crippen LogP contribution in [0.1, 0.15) is 30.4 Å². The second-order valence-electron chi connectivity index (χ2n) is 8.76. The van der Waals surface area contributed by atoms with E-state index in [4.69, 9.17) is 4.74 Å². The van der Waals surface area contributed by atoms with Crippen LogP contribution >= 0.6 is 24.0 Å². The number of ether oxygens (including phenoxy) is 1. The van der Waals surface area contributed by atoms with Crippen molar-refractivity contribution in [2.75, 3.05) is 46.4 Å². The molecule has 0 saturated carbocycles. The van der Waals surface area contributed by atoms with Crippen molar-refractivity contribution in [2.45, 2.75) is 50.2 Å². The molecule has 4 rings (SSSR count). The number of hydrogen-bond donors (Lipinski definition) is 2. The average molecular weight is 567 g/mol. The van der Waals surface area contributed by atoms with Crippen molar-refractivity contribution in [1.82, 2.24) is 20.4 Å². The molecule has 3 fully saturated rings. The molecule has 0 bridgehead atoms. The van der Waals surface area contributed by atoms with Crippen LogP contribution in [0.25, 0.3) is 0 Å². The smallest absolute Gasteiger partial charge is 0.373 e. The SMILES string of the molecule is CN=C(NCC1CN2CCCC2CO1)NC1CCN(Cc2ccc(C(F)(F)F)cc2)C1.I. The van der Waals surface area contributed by atoms with E-state index in [1.165, 1.54) is 19.4 Å². The Labute approximate surface area is 205 Å². The first-order chi connectivity index (χ1) is 14.9. The molecule has 0 radical (unpaired) electrons. The summed E-state index contributed by atoms with van der Waals surface area (Å²) in [5.41, 5.74) is 0.292. The van der Waals surface area contributed by atoms with Gasteiger partial charge in [0, 0.05) is 51.9 Å². The van der Waals surface area contributed by atoms with Crippen LogP contribution in [0.4, 0.5) is 13.2 Å². The zero-order chi connectivity index (χ0) is 21.8. The van der Waals surface area contributed by atoms with E-state index >= 15 is 0 Å². The minimum absolute atomic E-state index is 0. The third-order valence-electron chi connectivity index (χ3n) is 6.48. The van der Waals surface area contributed by atoms with Gasteiger partial charge in [0.1, 0.15) is 0 Å². The number of nitrogens with one attached hydrogen (secondary N) is 2. The minimum Gasteiger partial charge on any atom is -0.373 e. The van der Waals surface area contributed by atoms with E-state index in [1.54, 1.807) is 19.2 Å². The Bertz CT molecular complexity index is 761. The highest BCUT2D eigenvalue weighted by atomic mass is 127. The molecule has 10 heteroatoms. The van der Waals surface area contributed by atoms with Gasteiger partial charge in [0.2, 0.25) is 0 Å². The third-order valence-corrected chi connectivity index (χ3v) is 6.48. The molecule has 32 heavy (non-hydrogen) atoms. The highest BCUT2D eigenvalue weighted by Gasteiger charge is 2.32. The summed E-state index contributed by atoms with van der Waals surface area (Å²) in [6, 6.07) is 6.31. The molecule has 0 aromatic heterocycles. The van der Waals surface area contributed by atoms with E-state index in [2.05, 4.69) is 25.4 Å². The maximum Gasteiger partial charge on any atom is 0.416 e. The van der Waals surface area contributed by atoms with Gasteiger partial charge in [-0.05, 0) is 43.5 Å². The summed E-state index contributed by atoms with van der Waals surface area (Å²) in [6.45, 7) is 6.07. The third kappa shape index (κ3) is 6.71. The predicted molar refractivity (Wildman–Crippen MR) is 129 cm³/mol. The fourth-order valence-corrected chi connectivity index (χ4v) is 4.76. The summed E-state index contributed by atoms with van der Waals surface area (Å²) in [5, 5.41) is 6.87. The lowest BCUT2D eigenvalue weighted by Gasteiger charge is -2.35. The Morgan fingerprint density at radius 3 is 2.66 bits per heavy atom. The first-order valence-electron chi connectivity index (χ1n) is 11.1. The lowest BCUT2D eigenvalue weighted by atomic mass is 10.1. The topological polar surface area (TPSA) is 52.1 Å². The average Bonchev–Trinajstić information content (AvgIpc) is 3.39. The summed E-state index contributed by atoms with van der Waals surface area (Å²) < 4.78 is 44.2. The Kier molecular flexibility index (Phi) is 9.05. The van der Waals surface area contributed by atoms with E-state index in [1.807, 2.05) is 0 Å². The number of fused-ring (bicyclic) bond motifs is 1. The second kappa shape index (κ2) is 11.3. The van der Waals surface area contributed by atoms with Crippen molar-refractivity contribution < 1.29 is 17.9 Å². The zero-order valence-corrected chi connectivity index (χ0v) is 20.7. The Hall–Kier alpha value is -1.11. The van der Waals surface area contributed by atoms with Crippen molar-refractivity contribution in [3.05, 3.63) is 35.4 Å². The van der Waals surface area contributed by atoms with Crippen LogP contribution in [0.3, 0.4) is 0 Å². The van der Waals surface area contributed by atoms with Gasteiger partial charge in [0.25, 0.3) is 0 Å². The summed E-state index contributed by atoms with van der Waals surface area (Å²) in [4.78, 5) is 9.13. The van der Waals surface area contributed by atoms with Crippen LogP contribution in [0.5, 0.6) is 0 Å².